The average molecular weight is 495 g/mol. The molecule has 1 aromatic rings. The van der Waals surface area contributed by atoms with Gasteiger partial charge in [0, 0.05) is 0 Å². The summed E-state index contributed by atoms with van der Waals surface area (Å²) in [4.78, 5) is 0. The Morgan fingerprint density at radius 3 is 1.26 bits per heavy atom. The van der Waals surface area contributed by atoms with Crippen LogP contribution in [-0.2, 0) is 20.9 Å². The molecular formula is C27H33F3O3S. The van der Waals surface area contributed by atoms with Gasteiger partial charge < -0.3 is 4.18 Å². The first-order chi connectivity index (χ1) is 16.0. The minimum Gasteiger partial charge on any atom is -0.376 e. The minimum atomic E-state index is -5.70. The summed E-state index contributed by atoms with van der Waals surface area (Å²) in [5.41, 5.74) is -3.40. The van der Waals surface area contributed by atoms with Crippen molar-refractivity contribution in [2.24, 2.45) is 35.5 Å². The van der Waals surface area contributed by atoms with Gasteiger partial charge >= 0.3 is 15.6 Å². The molecule has 34 heavy (non-hydrogen) atoms. The first-order valence-corrected chi connectivity index (χ1v) is 14.6. The monoisotopic (exact) mass is 494 g/mol. The van der Waals surface area contributed by atoms with Crippen LogP contribution in [-0.4, -0.2) is 13.9 Å². The summed E-state index contributed by atoms with van der Waals surface area (Å²) in [6.07, 6.45) is 14.1. The molecule has 0 radical (unpaired) electrons. The Morgan fingerprint density at radius 1 is 0.647 bits per heavy atom. The fourth-order valence-electron chi connectivity index (χ4n) is 10.4. The van der Waals surface area contributed by atoms with E-state index in [0.717, 1.165) is 49.7 Å². The molecule has 0 aromatic heterocycles. The van der Waals surface area contributed by atoms with Gasteiger partial charge in [0.05, 0.1) is 0 Å². The molecule has 9 rings (SSSR count). The van der Waals surface area contributed by atoms with E-state index in [1.807, 2.05) is 0 Å². The molecule has 8 saturated carbocycles. The van der Waals surface area contributed by atoms with Gasteiger partial charge in [-0.15, -0.1) is 0 Å². The zero-order valence-electron chi connectivity index (χ0n) is 19.4. The topological polar surface area (TPSA) is 43.4 Å². The molecule has 8 fully saturated rings. The van der Waals surface area contributed by atoms with E-state index >= 15 is 0 Å². The zero-order chi connectivity index (χ0) is 23.5. The predicted molar refractivity (Wildman–Crippen MR) is 122 cm³/mol. The molecule has 0 amide bonds. The van der Waals surface area contributed by atoms with E-state index < -0.39 is 15.6 Å². The minimum absolute atomic E-state index is 0.0346. The second-order valence-electron chi connectivity index (χ2n) is 13.1. The van der Waals surface area contributed by atoms with Crippen LogP contribution in [0.1, 0.15) is 88.2 Å². The Balaban J connectivity index is 1.34. The second-order valence-corrected chi connectivity index (χ2v) is 14.7. The van der Waals surface area contributed by atoms with Crippen LogP contribution in [0.5, 0.6) is 5.75 Å². The van der Waals surface area contributed by atoms with E-state index in [4.69, 9.17) is 4.18 Å². The van der Waals surface area contributed by atoms with Crippen LogP contribution in [0.25, 0.3) is 0 Å². The Labute approximate surface area is 200 Å². The summed E-state index contributed by atoms with van der Waals surface area (Å²) in [7, 11) is -5.70. The van der Waals surface area contributed by atoms with Crippen molar-refractivity contribution in [1.82, 2.24) is 0 Å². The van der Waals surface area contributed by atoms with E-state index in [9.17, 15) is 21.6 Å². The summed E-state index contributed by atoms with van der Waals surface area (Å²) >= 11 is 0. The fourth-order valence-corrected chi connectivity index (χ4v) is 10.8. The highest BCUT2D eigenvalue weighted by atomic mass is 32.2. The maximum absolute atomic E-state index is 13.2. The van der Waals surface area contributed by atoms with Crippen molar-refractivity contribution in [1.29, 1.82) is 0 Å². The lowest BCUT2D eigenvalue weighted by atomic mass is 9.46. The Morgan fingerprint density at radius 2 is 0.971 bits per heavy atom. The van der Waals surface area contributed by atoms with Gasteiger partial charge in [0.2, 0.25) is 0 Å². The van der Waals surface area contributed by atoms with E-state index in [1.165, 1.54) is 38.5 Å². The van der Waals surface area contributed by atoms with Crippen molar-refractivity contribution in [3.05, 3.63) is 29.3 Å². The zero-order valence-corrected chi connectivity index (χ0v) is 20.3. The van der Waals surface area contributed by atoms with Gasteiger partial charge in [0.1, 0.15) is 5.75 Å². The highest BCUT2D eigenvalue weighted by molar-refractivity contribution is 7.88. The number of hydrogen-bond acceptors (Lipinski definition) is 3. The third-order valence-electron chi connectivity index (χ3n) is 10.7. The number of halogens is 3. The summed E-state index contributed by atoms with van der Waals surface area (Å²) in [6.45, 7) is 0. The quantitative estimate of drug-likeness (QED) is 0.340. The molecular weight excluding hydrogens is 461 g/mol. The van der Waals surface area contributed by atoms with E-state index in [2.05, 4.69) is 6.07 Å². The largest absolute Gasteiger partial charge is 0.534 e. The van der Waals surface area contributed by atoms with Crippen molar-refractivity contribution < 1.29 is 25.8 Å². The molecule has 8 aliphatic carbocycles. The normalized spacial score (nSPS) is 44.6. The van der Waals surface area contributed by atoms with Crippen molar-refractivity contribution >= 4 is 10.1 Å². The number of alkyl halides is 3. The van der Waals surface area contributed by atoms with Crippen LogP contribution in [0.3, 0.4) is 0 Å². The summed E-state index contributed by atoms with van der Waals surface area (Å²) in [5, 5.41) is 0. The summed E-state index contributed by atoms with van der Waals surface area (Å²) in [5.74, 6) is 4.03. The molecule has 3 nitrogen and oxygen atoms in total. The van der Waals surface area contributed by atoms with Gasteiger partial charge in [-0.05, 0) is 147 Å². The third kappa shape index (κ3) is 3.31. The standard InChI is InChI=1S/C27H33F3O3S/c28-27(29,30)34(31,32)33-24-8-22(25-10-16-1-17(11-25)3-18(2-16)12-25)7-23(9-24)26-13-19-4-20(14-26)6-21(5-19)15-26/h7-9,16-21H,1-6,10-15H2. The predicted octanol–water partition coefficient (Wildman–Crippen LogP) is 6.85. The SMILES string of the molecule is O=S(=O)(Oc1cc(C23CC4CC(CC(C4)C2)C3)cc(C23CC4CC(CC(C4)C2)C3)c1)C(F)(F)F. The van der Waals surface area contributed by atoms with Crippen molar-refractivity contribution in [2.45, 2.75) is 93.4 Å². The van der Waals surface area contributed by atoms with Crippen LogP contribution in [0, 0.1) is 35.5 Å². The third-order valence-corrected chi connectivity index (χ3v) is 11.7. The molecule has 0 atom stereocenters. The molecule has 0 spiro atoms. The van der Waals surface area contributed by atoms with Crippen molar-refractivity contribution in [2.75, 3.05) is 0 Å². The molecule has 1 aromatic carbocycles. The van der Waals surface area contributed by atoms with E-state index in [0.29, 0.717) is 35.5 Å². The lowest BCUT2D eigenvalue weighted by Crippen LogP contribution is -2.50. The van der Waals surface area contributed by atoms with Crippen LogP contribution in [0.4, 0.5) is 13.2 Å². The van der Waals surface area contributed by atoms with Crippen LogP contribution >= 0.6 is 0 Å². The van der Waals surface area contributed by atoms with Gasteiger partial charge in [0.15, 0.2) is 0 Å². The lowest BCUT2D eigenvalue weighted by molar-refractivity contribution is -0.0500. The maximum Gasteiger partial charge on any atom is 0.534 e. The van der Waals surface area contributed by atoms with Crippen molar-refractivity contribution in [3.63, 3.8) is 0 Å². The molecule has 7 heteroatoms. The van der Waals surface area contributed by atoms with Crippen molar-refractivity contribution in [3.8, 4) is 5.75 Å². The highest BCUT2D eigenvalue weighted by Crippen LogP contribution is 2.63. The first kappa shape index (κ1) is 22.0. The molecule has 0 unspecified atom stereocenters. The summed E-state index contributed by atoms with van der Waals surface area (Å²) < 4.78 is 68.5. The van der Waals surface area contributed by atoms with Crippen LogP contribution in [0.15, 0.2) is 18.2 Å². The molecule has 8 aliphatic rings. The van der Waals surface area contributed by atoms with E-state index in [-0.39, 0.29) is 16.6 Å². The fraction of sp³-hybridized carbons (Fsp3) is 0.778. The molecule has 186 valence electrons. The van der Waals surface area contributed by atoms with Gasteiger partial charge in [-0.2, -0.15) is 21.6 Å². The van der Waals surface area contributed by atoms with E-state index in [1.54, 1.807) is 12.1 Å². The van der Waals surface area contributed by atoms with Gasteiger partial charge in [-0.3, -0.25) is 0 Å². The Kier molecular flexibility index (Phi) is 4.50. The van der Waals surface area contributed by atoms with Crippen LogP contribution < -0.4 is 4.18 Å². The maximum atomic E-state index is 13.2. The molecule has 0 N–H and O–H groups in total. The first-order valence-electron chi connectivity index (χ1n) is 13.2. The van der Waals surface area contributed by atoms with Gasteiger partial charge in [0.25, 0.3) is 0 Å². The number of benzene rings is 1. The molecule has 0 saturated heterocycles. The average Bonchev–Trinajstić information content (AvgIpc) is 2.70. The summed E-state index contributed by atoms with van der Waals surface area (Å²) in [6, 6.07) is 5.59. The Bertz CT molecular complexity index is 990. The van der Waals surface area contributed by atoms with Gasteiger partial charge in [-0.1, -0.05) is 6.07 Å². The smallest absolute Gasteiger partial charge is 0.376 e. The van der Waals surface area contributed by atoms with Crippen LogP contribution in [0.2, 0.25) is 0 Å². The lowest BCUT2D eigenvalue weighted by Gasteiger charge is -2.58. The molecule has 0 aliphatic heterocycles. The number of hydrogen-bond donors (Lipinski definition) is 0. The van der Waals surface area contributed by atoms with Gasteiger partial charge in [-0.25, -0.2) is 0 Å². The number of rotatable bonds is 4. The molecule has 0 heterocycles. The Hall–Kier alpha value is -1.24. The molecule has 8 bridgehead atoms. The second kappa shape index (κ2) is 6.95. The highest BCUT2D eigenvalue weighted by Gasteiger charge is 2.55.